The molecule has 0 spiro atoms. The standard InChI is InChI=1S/C18H16ClN3O2S/c1-24-14-6-8-15(9-7-14)25-12-18(23)21-13-10-20-22(11-13)17-5-3-2-4-16(17)19/h2-11H,12H2,1H3,(H,21,23). The van der Waals surface area contributed by atoms with E-state index < -0.39 is 0 Å². The van der Waals surface area contributed by atoms with E-state index in [9.17, 15) is 4.79 Å². The fraction of sp³-hybridized carbons (Fsp3) is 0.111. The lowest BCUT2D eigenvalue weighted by molar-refractivity contribution is -0.113. The Bertz CT molecular complexity index is 865. The molecule has 0 radical (unpaired) electrons. The molecule has 3 aromatic rings. The minimum atomic E-state index is -0.0977. The normalized spacial score (nSPS) is 10.5. The van der Waals surface area contributed by atoms with E-state index in [2.05, 4.69) is 10.4 Å². The molecule has 7 heteroatoms. The van der Waals surface area contributed by atoms with E-state index >= 15 is 0 Å². The van der Waals surface area contributed by atoms with E-state index in [1.165, 1.54) is 11.8 Å². The van der Waals surface area contributed by atoms with Crippen LogP contribution in [0.5, 0.6) is 5.75 Å². The van der Waals surface area contributed by atoms with Gasteiger partial charge in [-0.25, -0.2) is 4.68 Å². The first-order chi connectivity index (χ1) is 12.2. The summed E-state index contributed by atoms with van der Waals surface area (Å²) in [7, 11) is 1.62. The summed E-state index contributed by atoms with van der Waals surface area (Å²) in [5, 5.41) is 7.66. The Morgan fingerprint density at radius 1 is 1.24 bits per heavy atom. The first-order valence-corrected chi connectivity index (χ1v) is 8.88. The van der Waals surface area contributed by atoms with E-state index in [4.69, 9.17) is 16.3 Å². The van der Waals surface area contributed by atoms with Crippen molar-refractivity contribution in [3.63, 3.8) is 0 Å². The van der Waals surface area contributed by atoms with Gasteiger partial charge in [-0.05, 0) is 36.4 Å². The van der Waals surface area contributed by atoms with Gasteiger partial charge in [0, 0.05) is 4.90 Å². The molecule has 0 aliphatic rings. The van der Waals surface area contributed by atoms with Gasteiger partial charge in [-0.1, -0.05) is 23.7 Å². The van der Waals surface area contributed by atoms with E-state index in [0.29, 0.717) is 16.5 Å². The molecule has 5 nitrogen and oxygen atoms in total. The summed E-state index contributed by atoms with van der Waals surface area (Å²) >= 11 is 7.61. The number of nitrogens with zero attached hydrogens (tertiary/aromatic N) is 2. The van der Waals surface area contributed by atoms with Crippen LogP contribution in [0.4, 0.5) is 5.69 Å². The molecule has 128 valence electrons. The molecule has 3 rings (SSSR count). The van der Waals surface area contributed by atoms with Gasteiger partial charge in [-0.2, -0.15) is 5.10 Å². The maximum Gasteiger partial charge on any atom is 0.234 e. The van der Waals surface area contributed by atoms with Crippen LogP contribution >= 0.6 is 23.4 Å². The van der Waals surface area contributed by atoms with Crippen molar-refractivity contribution in [2.45, 2.75) is 4.90 Å². The van der Waals surface area contributed by atoms with Crippen LogP contribution < -0.4 is 10.1 Å². The lowest BCUT2D eigenvalue weighted by Crippen LogP contribution is -2.13. The van der Waals surface area contributed by atoms with E-state index in [1.807, 2.05) is 42.5 Å². The zero-order chi connectivity index (χ0) is 17.6. The molecule has 0 atom stereocenters. The highest BCUT2D eigenvalue weighted by Crippen LogP contribution is 2.22. The van der Waals surface area contributed by atoms with Crippen LogP contribution in [-0.4, -0.2) is 28.6 Å². The summed E-state index contributed by atoms with van der Waals surface area (Å²) in [6.07, 6.45) is 3.33. The second-order valence-electron chi connectivity index (χ2n) is 5.14. The van der Waals surface area contributed by atoms with Crippen molar-refractivity contribution in [3.8, 4) is 11.4 Å². The number of thioether (sulfide) groups is 1. The third-order valence-electron chi connectivity index (χ3n) is 3.39. The predicted molar refractivity (Wildman–Crippen MR) is 101 cm³/mol. The third-order valence-corrected chi connectivity index (χ3v) is 4.73. The highest BCUT2D eigenvalue weighted by atomic mass is 35.5. The van der Waals surface area contributed by atoms with Crippen molar-refractivity contribution in [2.24, 2.45) is 0 Å². The Balaban J connectivity index is 1.57. The number of anilines is 1. The highest BCUT2D eigenvalue weighted by molar-refractivity contribution is 8.00. The van der Waals surface area contributed by atoms with Gasteiger partial charge in [0.1, 0.15) is 5.75 Å². The molecular weight excluding hydrogens is 358 g/mol. The first kappa shape index (κ1) is 17.4. The quantitative estimate of drug-likeness (QED) is 0.656. The zero-order valence-electron chi connectivity index (χ0n) is 13.5. The summed E-state index contributed by atoms with van der Waals surface area (Å²) in [6, 6.07) is 15.0. The molecule has 1 N–H and O–H groups in total. The monoisotopic (exact) mass is 373 g/mol. The number of ether oxygens (including phenoxy) is 1. The van der Waals surface area contributed by atoms with Crippen molar-refractivity contribution in [2.75, 3.05) is 18.2 Å². The van der Waals surface area contributed by atoms with Crippen molar-refractivity contribution in [3.05, 3.63) is 65.9 Å². The van der Waals surface area contributed by atoms with Crippen LogP contribution in [0.3, 0.4) is 0 Å². The number of rotatable bonds is 6. The number of hydrogen-bond donors (Lipinski definition) is 1. The van der Waals surface area contributed by atoms with Gasteiger partial charge in [0.2, 0.25) is 5.91 Å². The number of carbonyl (C=O) groups is 1. The SMILES string of the molecule is COc1ccc(SCC(=O)Nc2cnn(-c3ccccc3Cl)c2)cc1. The number of benzene rings is 2. The molecule has 2 aromatic carbocycles. The molecule has 0 unspecified atom stereocenters. The fourth-order valence-corrected chi connectivity index (χ4v) is 3.10. The summed E-state index contributed by atoms with van der Waals surface area (Å²) in [5.74, 6) is 1.00. The summed E-state index contributed by atoms with van der Waals surface area (Å²) < 4.78 is 6.75. The van der Waals surface area contributed by atoms with E-state index in [-0.39, 0.29) is 5.91 Å². The molecule has 0 aliphatic heterocycles. The second-order valence-corrected chi connectivity index (χ2v) is 6.59. The Hall–Kier alpha value is -2.44. The number of carbonyl (C=O) groups excluding carboxylic acids is 1. The van der Waals surface area contributed by atoms with Gasteiger partial charge >= 0.3 is 0 Å². The van der Waals surface area contributed by atoms with Crippen molar-refractivity contribution < 1.29 is 9.53 Å². The molecule has 1 amide bonds. The Labute approximate surface area is 154 Å². The summed E-state index contributed by atoms with van der Waals surface area (Å²) in [5.41, 5.74) is 1.39. The first-order valence-electron chi connectivity index (χ1n) is 7.52. The number of aromatic nitrogens is 2. The van der Waals surface area contributed by atoms with Crippen LogP contribution in [-0.2, 0) is 4.79 Å². The second kappa shape index (κ2) is 8.09. The molecule has 0 saturated carbocycles. The van der Waals surface area contributed by atoms with E-state index in [1.54, 1.807) is 30.3 Å². The van der Waals surface area contributed by atoms with Gasteiger partial charge in [0.25, 0.3) is 0 Å². The van der Waals surface area contributed by atoms with Gasteiger partial charge in [0.05, 0.1) is 41.7 Å². The average molecular weight is 374 g/mol. The number of hydrogen-bond acceptors (Lipinski definition) is 4. The fourth-order valence-electron chi connectivity index (χ4n) is 2.17. The lowest BCUT2D eigenvalue weighted by atomic mass is 10.3. The molecule has 0 bridgehead atoms. The molecule has 0 aliphatic carbocycles. The molecule has 1 heterocycles. The van der Waals surface area contributed by atoms with Gasteiger partial charge < -0.3 is 10.1 Å². The summed E-state index contributed by atoms with van der Waals surface area (Å²) in [4.78, 5) is 13.1. The van der Waals surface area contributed by atoms with Gasteiger partial charge in [-0.15, -0.1) is 11.8 Å². The van der Waals surface area contributed by atoms with E-state index in [0.717, 1.165) is 16.3 Å². The zero-order valence-corrected chi connectivity index (χ0v) is 15.1. The third kappa shape index (κ3) is 4.55. The van der Waals surface area contributed by atoms with Crippen LogP contribution in [0.25, 0.3) is 5.69 Å². The van der Waals surface area contributed by atoms with Gasteiger partial charge in [0.15, 0.2) is 0 Å². The number of amides is 1. The number of halogens is 1. The lowest BCUT2D eigenvalue weighted by Gasteiger charge is -2.04. The minimum Gasteiger partial charge on any atom is -0.497 e. The molecule has 25 heavy (non-hydrogen) atoms. The molecule has 0 fully saturated rings. The minimum absolute atomic E-state index is 0.0977. The number of nitrogens with one attached hydrogen (secondary N) is 1. The predicted octanol–water partition coefficient (Wildman–Crippen LogP) is 4.27. The van der Waals surface area contributed by atoms with Crippen molar-refractivity contribution in [1.82, 2.24) is 9.78 Å². The largest absolute Gasteiger partial charge is 0.497 e. The maximum atomic E-state index is 12.1. The Morgan fingerprint density at radius 2 is 2.00 bits per heavy atom. The van der Waals surface area contributed by atoms with Crippen molar-refractivity contribution >= 4 is 35.0 Å². The smallest absolute Gasteiger partial charge is 0.234 e. The van der Waals surface area contributed by atoms with Crippen LogP contribution in [0.1, 0.15) is 0 Å². The van der Waals surface area contributed by atoms with Crippen LogP contribution in [0.2, 0.25) is 5.02 Å². The molecule has 1 aromatic heterocycles. The van der Waals surface area contributed by atoms with Crippen LogP contribution in [0, 0.1) is 0 Å². The highest BCUT2D eigenvalue weighted by Gasteiger charge is 2.08. The Morgan fingerprint density at radius 3 is 2.72 bits per heavy atom. The number of para-hydroxylation sites is 1. The average Bonchev–Trinajstić information content (AvgIpc) is 3.09. The maximum absolute atomic E-state index is 12.1. The molecular formula is C18H16ClN3O2S. The topological polar surface area (TPSA) is 56.1 Å². The number of methoxy groups -OCH3 is 1. The van der Waals surface area contributed by atoms with Crippen molar-refractivity contribution in [1.29, 1.82) is 0 Å². The van der Waals surface area contributed by atoms with Gasteiger partial charge in [-0.3, -0.25) is 4.79 Å². The van der Waals surface area contributed by atoms with Crippen LogP contribution in [0.15, 0.2) is 65.8 Å². The molecule has 0 saturated heterocycles. The summed E-state index contributed by atoms with van der Waals surface area (Å²) in [6.45, 7) is 0. The Kier molecular flexibility index (Phi) is 5.63.